The first-order valence-electron chi connectivity index (χ1n) is 7.56. The van der Waals surface area contributed by atoms with E-state index in [1.54, 1.807) is 48.5 Å². The van der Waals surface area contributed by atoms with E-state index in [1.165, 1.54) is 0 Å². The second kappa shape index (κ2) is 7.77. The minimum atomic E-state index is -0.450. The molecule has 0 heterocycles. The molecule has 0 unspecified atom stereocenters. The Kier molecular flexibility index (Phi) is 5.26. The third-order valence-electron chi connectivity index (χ3n) is 3.44. The van der Waals surface area contributed by atoms with Crippen LogP contribution in [0.15, 0.2) is 83.3 Å². The molecule has 0 fully saturated rings. The van der Waals surface area contributed by atoms with Crippen molar-refractivity contribution < 1.29 is 14.3 Å². The number of halogens is 1. The Morgan fingerprint density at radius 3 is 2.00 bits per heavy atom. The summed E-state index contributed by atoms with van der Waals surface area (Å²) in [6, 6.07) is 22.5. The maximum absolute atomic E-state index is 12.2. The average molecular weight is 396 g/mol. The minimum Gasteiger partial charge on any atom is -0.423 e. The second-order valence-electron chi connectivity index (χ2n) is 5.24. The minimum absolute atomic E-state index is 0.225. The number of carbonyl (C=O) groups excluding carboxylic acids is 2. The Morgan fingerprint density at radius 1 is 0.760 bits per heavy atom. The number of anilines is 1. The van der Waals surface area contributed by atoms with Crippen molar-refractivity contribution in [3.05, 3.63) is 94.5 Å². The fraction of sp³-hybridized carbons (Fsp3) is 0. The number of nitrogens with one attached hydrogen (secondary N) is 1. The highest BCUT2D eigenvalue weighted by Crippen LogP contribution is 2.17. The smallest absolute Gasteiger partial charge is 0.343 e. The van der Waals surface area contributed by atoms with E-state index in [0.29, 0.717) is 16.9 Å². The van der Waals surface area contributed by atoms with Crippen molar-refractivity contribution in [2.24, 2.45) is 0 Å². The quantitative estimate of drug-likeness (QED) is 0.503. The van der Waals surface area contributed by atoms with Gasteiger partial charge in [-0.1, -0.05) is 34.1 Å². The number of esters is 1. The number of benzene rings is 3. The number of para-hydroxylation sites is 1. The van der Waals surface area contributed by atoms with Crippen molar-refractivity contribution in [3.8, 4) is 5.75 Å². The van der Waals surface area contributed by atoms with Gasteiger partial charge in [0, 0.05) is 15.7 Å². The normalized spacial score (nSPS) is 10.1. The first-order valence-corrected chi connectivity index (χ1v) is 8.35. The monoisotopic (exact) mass is 395 g/mol. The predicted molar refractivity (Wildman–Crippen MR) is 99.9 cm³/mol. The number of carbonyl (C=O) groups is 2. The Labute approximate surface area is 153 Å². The number of amides is 1. The highest BCUT2D eigenvalue weighted by atomic mass is 79.9. The largest absolute Gasteiger partial charge is 0.423 e. The molecule has 3 rings (SSSR count). The van der Waals surface area contributed by atoms with Gasteiger partial charge in [0.25, 0.3) is 5.91 Å². The summed E-state index contributed by atoms with van der Waals surface area (Å²) in [7, 11) is 0. The zero-order valence-electron chi connectivity index (χ0n) is 13.1. The molecule has 3 aromatic rings. The summed E-state index contributed by atoms with van der Waals surface area (Å²) in [5.74, 6) is -0.296. The van der Waals surface area contributed by atoms with Gasteiger partial charge in [-0.05, 0) is 60.7 Å². The number of hydrogen-bond acceptors (Lipinski definition) is 3. The molecule has 124 valence electrons. The highest BCUT2D eigenvalue weighted by molar-refractivity contribution is 9.10. The van der Waals surface area contributed by atoms with Gasteiger partial charge in [-0.15, -0.1) is 0 Å². The van der Waals surface area contributed by atoms with Gasteiger partial charge in [-0.3, -0.25) is 4.79 Å². The molecule has 0 spiro atoms. The summed E-state index contributed by atoms with van der Waals surface area (Å²) in [5.41, 5.74) is 1.65. The lowest BCUT2D eigenvalue weighted by molar-refractivity contribution is 0.0734. The summed E-state index contributed by atoms with van der Waals surface area (Å²) in [4.78, 5) is 24.2. The van der Waals surface area contributed by atoms with E-state index in [0.717, 1.165) is 10.2 Å². The SMILES string of the molecule is O=C(Nc1ccccc1)c1ccc(OC(=O)c2ccc(Br)cc2)cc1. The molecule has 0 aliphatic rings. The van der Waals surface area contributed by atoms with Crippen molar-refractivity contribution in [1.82, 2.24) is 0 Å². The van der Waals surface area contributed by atoms with Gasteiger partial charge in [0.05, 0.1) is 5.56 Å². The third-order valence-corrected chi connectivity index (χ3v) is 3.97. The lowest BCUT2D eigenvalue weighted by atomic mass is 10.2. The average Bonchev–Trinajstić information content (AvgIpc) is 2.63. The predicted octanol–water partition coefficient (Wildman–Crippen LogP) is 4.92. The van der Waals surface area contributed by atoms with Gasteiger partial charge in [0.2, 0.25) is 0 Å². The van der Waals surface area contributed by atoms with Crippen molar-refractivity contribution in [2.45, 2.75) is 0 Å². The van der Waals surface area contributed by atoms with Gasteiger partial charge in [-0.25, -0.2) is 4.79 Å². The molecule has 0 bridgehead atoms. The van der Waals surface area contributed by atoms with Crippen LogP contribution in [0.2, 0.25) is 0 Å². The number of ether oxygens (including phenoxy) is 1. The molecule has 0 saturated carbocycles. The van der Waals surface area contributed by atoms with E-state index in [4.69, 9.17) is 4.74 Å². The fourth-order valence-electron chi connectivity index (χ4n) is 2.15. The molecule has 1 amide bonds. The van der Waals surface area contributed by atoms with Crippen LogP contribution >= 0.6 is 15.9 Å². The van der Waals surface area contributed by atoms with Crippen LogP contribution in [0.4, 0.5) is 5.69 Å². The topological polar surface area (TPSA) is 55.4 Å². The van der Waals surface area contributed by atoms with Gasteiger partial charge in [0.1, 0.15) is 5.75 Å². The molecule has 0 aliphatic heterocycles. The van der Waals surface area contributed by atoms with Gasteiger partial charge >= 0.3 is 5.97 Å². The Balaban J connectivity index is 1.64. The van der Waals surface area contributed by atoms with Crippen LogP contribution < -0.4 is 10.1 Å². The van der Waals surface area contributed by atoms with E-state index in [-0.39, 0.29) is 5.91 Å². The number of hydrogen-bond donors (Lipinski definition) is 1. The van der Waals surface area contributed by atoms with Gasteiger partial charge in [-0.2, -0.15) is 0 Å². The molecule has 0 radical (unpaired) electrons. The molecule has 0 aliphatic carbocycles. The summed E-state index contributed by atoms with van der Waals surface area (Å²) in [5, 5.41) is 2.80. The number of rotatable bonds is 4. The van der Waals surface area contributed by atoms with Gasteiger partial charge < -0.3 is 10.1 Å². The van der Waals surface area contributed by atoms with E-state index < -0.39 is 5.97 Å². The zero-order chi connectivity index (χ0) is 17.6. The Bertz CT molecular complexity index is 875. The van der Waals surface area contributed by atoms with E-state index >= 15 is 0 Å². The van der Waals surface area contributed by atoms with Crippen molar-refractivity contribution >= 4 is 33.5 Å². The lowest BCUT2D eigenvalue weighted by Gasteiger charge is -2.07. The molecule has 5 heteroatoms. The molecule has 3 aromatic carbocycles. The fourth-order valence-corrected chi connectivity index (χ4v) is 2.42. The van der Waals surface area contributed by atoms with Crippen LogP contribution in [0.3, 0.4) is 0 Å². The molecule has 0 aromatic heterocycles. The van der Waals surface area contributed by atoms with Crippen LogP contribution in [0.1, 0.15) is 20.7 Å². The van der Waals surface area contributed by atoms with Crippen LogP contribution in [0, 0.1) is 0 Å². The second-order valence-corrected chi connectivity index (χ2v) is 6.16. The first kappa shape index (κ1) is 16.9. The first-order chi connectivity index (χ1) is 12.1. The van der Waals surface area contributed by atoms with Crippen LogP contribution in [-0.4, -0.2) is 11.9 Å². The van der Waals surface area contributed by atoms with Crippen LogP contribution in [0.5, 0.6) is 5.75 Å². The third kappa shape index (κ3) is 4.55. The van der Waals surface area contributed by atoms with Crippen molar-refractivity contribution in [3.63, 3.8) is 0 Å². The van der Waals surface area contributed by atoms with Crippen LogP contribution in [-0.2, 0) is 0 Å². The maximum atomic E-state index is 12.2. The summed E-state index contributed by atoms with van der Waals surface area (Å²) >= 11 is 3.32. The Hall–Kier alpha value is -2.92. The van der Waals surface area contributed by atoms with Crippen LogP contribution in [0.25, 0.3) is 0 Å². The molecule has 1 N–H and O–H groups in total. The zero-order valence-corrected chi connectivity index (χ0v) is 14.7. The van der Waals surface area contributed by atoms with E-state index in [1.807, 2.05) is 30.3 Å². The highest BCUT2D eigenvalue weighted by Gasteiger charge is 2.10. The van der Waals surface area contributed by atoms with E-state index in [2.05, 4.69) is 21.2 Å². The van der Waals surface area contributed by atoms with E-state index in [9.17, 15) is 9.59 Å². The van der Waals surface area contributed by atoms with Crippen molar-refractivity contribution in [2.75, 3.05) is 5.32 Å². The molecule has 25 heavy (non-hydrogen) atoms. The standard InChI is InChI=1S/C20H14BrNO3/c21-16-10-6-15(7-11-16)20(24)25-18-12-8-14(9-13-18)19(23)22-17-4-2-1-3-5-17/h1-13H,(H,22,23). The molecular formula is C20H14BrNO3. The Morgan fingerprint density at radius 2 is 1.36 bits per heavy atom. The molecular weight excluding hydrogens is 382 g/mol. The summed E-state index contributed by atoms with van der Waals surface area (Å²) < 4.78 is 6.19. The maximum Gasteiger partial charge on any atom is 0.343 e. The molecule has 4 nitrogen and oxygen atoms in total. The molecule has 0 atom stereocenters. The summed E-state index contributed by atoms with van der Waals surface area (Å²) in [6.45, 7) is 0. The summed E-state index contributed by atoms with van der Waals surface area (Å²) in [6.07, 6.45) is 0. The van der Waals surface area contributed by atoms with Gasteiger partial charge in [0.15, 0.2) is 0 Å². The molecule has 0 saturated heterocycles. The van der Waals surface area contributed by atoms with Crippen molar-refractivity contribution in [1.29, 1.82) is 0 Å². The lowest BCUT2D eigenvalue weighted by Crippen LogP contribution is -2.12.